The number of nitrogens with one attached hydrogen (secondary N) is 1. The average Bonchev–Trinajstić information content (AvgIpc) is 3.19. The average molecular weight is 486 g/mol. The molecule has 1 atom stereocenters. The maximum absolute atomic E-state index is 11.5. The van der Waals surface area contributed by atoms with Crippen LogP contribution < -0.4 is 10.1 Å². The van der Waals surface area contributed by atoms with Gasteiger partial charge in [0.15, 0.2) is 0 Å². The number of thiophene rings is 1. The van der Waals surface area contributed by atoms with Gasteiger partial charge in [-0.05, 0) is 56.7 Å². The number of hydrogen-bond acceptors (Lipinski definition) is 7. The number of pyridine rings is 1. The number of rotatable bonds is 10. The van der Waals surface area contributed by atoms with Gasteiger partial charge in [-0.3, -0.25) is 4.98 Å². The van der Waals surface area contributed by atoms with Crippen LogP contribution in [0.25, 0.3) is 11.3 Å². The Kier molecular flexibility index (Phi) is 8.06. The normalized spacial score (nSPS) is 12.2. The Balaban J connectivity index is 1.65. The smallest absolute Gasteiger partial charge is 0.337 e. The number of carboxylic acids is 1. The number of β-amino-alcohol motifs (C(OH)–C–C–N with tert-alkyl or cyclic N) is 1. The van der Waals surface area contributed by atoms with Crippen molar-refractivity contribution in [3.05, 3.63) is 69.0 Å². The fourth-order valence-corrected chi connectivity index (χ4v) is 4.59. The first-order valence-corrected chi connectivity index (χ1v) is 11.4. The molecule has 0 fully saturated rings. The number of carboxylic acid groups (broad SMARTS) is 1. The summed E-state index contributed by atoms with van der Waals surface area (Å²) in [5.41, 5.74) is 0.842. The van der Waals surface area contributed by atoms with E-state index in [1.54, 1.807) is 24.3 Å². The van der Waals surface area contributed by atoms with Gasteiger partial charge in [-0.1, -0.05) is 17.7 Å². The molecule has 3 N–H and O–H groups in total. The lowest BCUT2D eigenvalue weighted by Gasteiger charge is -2.27. The van der Waals surface area contributed by atoms with Gasteiger partial charge in [0.2, 0.25) is 0 Å². The van der Waals surface area contributed by atoms with Crippen molar-refractivity contribution in [2.75, 3.05) is 13.2 Å². The zero-order valence-electron chi connectivity index (χ0n) is 18.2. The molecule has 0 saturated carbocycles. The molecule has 0 saturated heterocycles. The van der Waals surface area contributed by atoms with Crippen molar-refractivity contribution >= 4 is 28.9 Å². The lowest BCUT2D eigenvalue weighted by molar-refractivity contribution is 0.0697. The molecular formula is C24H24ClN3O4S. The zero-order chi connectivity index (χ0) is 24.0. The van der Waals surface area contributed by atoms with E-state index in [4.69, 9.17) is 16.3 Å². The van der Waals surface area contributed by atoms with Crippen molar-refractivity contribution in [2.45, 2.75) is 31.9 Å². The first-order valence-electron chi connectivity index (χ1n) is 10.2. The Bertz CT molecular complexity index is 1170. The Morgan fingerprint density at radius 2 is 2.12 bits per heavy atom. The summed E-state index contributed by atoms with van der Waals surface area (Å²) >= 11 is 7.53. The number of aliphatic hydroxyl groups excluding tert-OH is 1. The first kappa shape index (κ1) is 24.7. The summed E-state index contributed by atoms with van der Waals surface area (Å²) in [5.74, 6) is -0.845. The third kappa shape index (κ3) is 6.76. The van der Waals surface area contributed by atoms with Crippen LogP contribution in [0.2, 0.25) is 4.34 Å². The minimum absolute atomic E-state index is 0.0416. The highest BCUT2D eigenvalue weighted by Gasteiger charge is 2.21. The van der Waals surface area contributed by atoms with Gasteiger partial charge < -0.3 is 20.3 Å². The van der Waals surface area contributed by atoms with Gasteiger partial charge in [0.05, 0.1) is 21.2 Å². The van der Waals surface area contributed by atoms with Crippen LogP contribution in [0.3, 0.4) is 0 Å². The van der Waals surface area contributed by atoms with E-state index in [1.807, 2.05) is 26.0 Å². The summed E-state index contributed by atoms with van der Waals surface area (Å²) in [5, 5.41) is 32.6. The van der Waals surface area contributed by atoms with E-state index in [0.29, 0.717) is 5.56 Å². The molecule has 33 heavy (non-hydrogen) atoms. The van der Waals surface area contributed by atoms with Crippen molar-refractivity contribution in [1.29, 1.82) is 5.26 Å². The van der Waals surface area contributed by atoms with Gasteiger partial charge in [-0.15, -0.1) is 11.3 Å². The molecule has 0 aliphatic heterocycles. The molecule has 0 radical (unpaired) electrons. The van der Waals surface area contributed by atoms with E-state index in [-0.39, 0.29) is 41.3 Å². The van der Waals surface area contributed by atoms with Crippen LogP contribution in [0.5, 0.6) is 5.75 Å². The minimum atomic E-state index is -1.10. The van der Waals surface area contributed by atoms with Crippen LogP contribution in [0, 0.1) is 11.3 Å². The van der Waals surface area contributed by atoms with Crippen molar-refractivity contribution in [3.8, 4) is 23.1 Å². The molecule has 2 heterocycles. The van der Waals surface area contributed by atoms with Crippen LogP contribution in [0.1, 0.15) is 34.6 Å². The van der Waals surface area contributed by atoms with E-state index in [2.05, 4.69) is 16.4 Å². The molecule has 7 nitrogen and oxygen atoms in total. The quantitative estimate of drug-likeness (QED) is 0.390. The van der Waals surface area contributed by atoms with Gasteiger partial charge in [0.1, 0.15) is 24.5 Å². The summed E-state index contributed by atoms with van der Waals surface area (Å²) in [6.07, 6.45) is 1.44. The topological polar surface area (TPSA) is 115 Å². The fourth-order valence-electron chi connectivity index (χ4n) is 3.27. The molecule has 0 unspecified atom stereocenters. The predicted molar refractivity (Wildman–Crippen MR) is 128 cm³/mol. The second-order valence-electron chi connectivity index (χ2n) is 8.14. The van der Waals surface area contributed by atoms with Crippen LogP contribution >= 0.6 is 22.9 Å². The molecule has 0 spiro atoms. The van der Waals surface area contributed by atoms with Crippen LogP contribution in [0.4, 0.5) is 0 Å². The standard InChI is InChI=1S/C24H24ClN3O4S/c1-24(2,11-18-7-8-21(25)33-18)28-13-17(29)14-32-20-10-15(5-6-16(20)12-26)22-19(23(30)31)4-3-9-27-22/h3-10,17,28-29H,11,13-14H2,1-2H3,(H,30,31)/t17-/m1/s1. The molecule has 1 aromatic carbocycles. The maximum Gasteiger partial charge on any atom is 0.337 e. The Morgan fingerprint density at radius 3 is 2.79 bits per heavy atom. The number of nitrogens with zero attached hydrogens (tertiary/aromatic N) is 2. The highest BCUT2D eigenvalue weighted by molar-refractivity contribution is 7.16. The highest BCUT2D eigenvalue weighted by atomic mass is 35.5. The minimum Gasteiger partial charge on any atom is -0.489 e. The number of aromatic carboxylic acids is 1. The molecule has 172 valence electrons. The Hall–Kier alpha value is -2.96. The second kappa shape index (κ2) is 10.8. The van der Waals surface area contributed by atoms with Gasteiger partial charge in [0.25, 0.3) is 0 Å². The molecule has 0 aliphatic rings. The molecular weight excluding hydrogens is 462 g/mol. The highest BCUT2D eigenvalue weighted by Crippen LogP contribution is 2.28. The van der Waals surface area contributed by atoms with E-state index in [0.717, 1.165) is 15.6 Å². The fraction of sp³-hybridized carbons (Fsp3) is 0.292. The number of nitriles is 1. The Labute approximate surface area is 201 Å². The Morgan fingerprint density at radius 1 is 1.33 bits per heavy atom. The number of aromatic nitrogens is 1. The zero-order valence-corrected chi connectivity index (χ0v) is 19.8. The molecule has 9 heteroatoms. The van der Waals surface area contributed by atoms with Crippen molar-refractivity contribution in [2.24, 2.45) is 0 Å². The van der Waals surface area contributed by atoms with E-state index >= 15 is 0 Å². The largest absolute Gasteiger partial charge is 0.489 e. The summed E-state index contributed by atoms with van der Waals surface area (Å²) in [6.45, 7) is 4.33. The number of carbonyl (C=O) groups is 1. The maximum atomic E-state index is 11.5. The molecule has 3 aromatic rings. The monoisotopic (exact) mass is 485 g/mol. The lowest BCUT2D eigenvalue weighted by atomic mass is 9.99. The second-order valence-corrected chi connectivity index (χ2v) is 9.94. The number of aliphatic hydroxyl groups is 1. The summed E-state index contributed by atoms with van der Waals surface area (Å²) in [7, 11) is 0. The van der Waals surface area contributed by atoms with Gasteiger partial charge in [-0.2, -0.15) is 5.26 Å². The molecule has 2 aromatic heterocycles. The van der Waals surface area contributed by atoms with Gasteiger partial charge in [0, 0.05) is 28.7 Å². The predicted octanol–water partition coefficient (Wildman–Crippen LogP) is 4.38. The SMILES string of the molecule is CC(C)(Cc1ccc(Cl)s1)NC[C@@H](O)COc1cc(-c2ncccc2C(=O)O)ccc1C#N. The number of benzene rings is 1. The number of hydrogen-bond donors (Lipinski definition) is 3. The molecule has 0 amide bonds. The third-order valence-electron chi connectivity index (χ3n) is 4.91. The molecule has 0 bridgehead atoms. The molecule has 3 rings (SSSR count). The lowest BCUT2D eigenvalue weighted by Crippen LogP contribution is -2.46. The van der Waals surface area contributed by atoms with Crippen molar-refractivity contribution in [3.63, 3.8) is 0 Å². The molecule has 0 aliphatic carbocycles. The van der Waals surface area contributed by atoms with E-state index in [1.165, 1.54) is 23.6 Å². The van der Waals surface area contributed by atoms with Crippen molar-refractivity contribution in [1.82, 2.24) is 10.3 Å². The summed E-state index contributed by atoms with van der Waals surface area (Å²) in [6, 6.07) is 13.7. The van der Waals surface area contributed by atoms with Gasteiger partial charge >= 0.3 is 5.97 Å². The number of ether oxygens (including phenoxy) is 1. The van der Waals surface area contributed by atoms with Crippen LogP contribution in [0.15, 0.2) is 48.7 Å². The van der Waals surface area contributed by atoms with Gasteiger partial charge in [-0.25, -0.2) is 4.79 Å². The third-order valence-corrected chi connectivity index (χ3v) is 6.14. The van der Waals surface area contributed by atoms with Crippen molar-refractivity contribution < 1.29 is 19.7 Å². The summed E-state index contributed by atoms with van der Waals surface area (Å²) < 4.78 is 6.48. The van der Waals surface area contributed by atoms with E-state index in [9.17, 15) is 20.3 Å². The first-order chi connectivity index (χ1) is 15.7. The van der Waals surface area contributed by atoms with Crippen LogP contribution in [-0.4, -0.2) is 46.0 Å². The summed E-state index contributed by atoms with van der Waals surface area (Å²) in [4.78, 5) is 16.8. The van der Waals surface area contributed by atoms with Crippen LogP contribution in [-0.2, 0) is 6.42 Å². The number of halogens is 1. The van der Waals surface area contributed by atoms with E-state index < -0.39 is 12.1 Å².